The molecule has 0 atom stereocenters. The molecule has 0 spiro atoms. The van der Waals surface area contributed by atoms with Crippen molar-refractivity contribution in [1.82, 2.24) is 0 Å². The maximum atomic E-state index is 6.13. The summed E-state index contributed by atoms with van der Waals surface area (Å²) in [7, 11) is 0. The molecule has 0 saturated heterocycles. The van der Waals surface area contributed by atoms with Gasteiger partial charge in [0.2, 0.25) is 0 Å². The van der Waals surface area contributed by atoms with Crippen LogP contribution in [-0.2, 0) is 6.54 Å². The van der Waals surface area contributed by atoms with Crippen LogP contribution < -0.4 is 5.32 Å². The molecule has 0 aromatic heterocycles. The molecule has 0 saturated carbocycles. The minimum Gasteiger partial charge on any atom is -0.379 e. The standard InChI is InChI=1S/C13H9BrCl3N/c14-9-5-11(16)13(12(17)6-9)18-7-8-1-3-10(15)4-2-8/h1-6,18H,7H2. The number of hydrogen-bond acceptors (Lipinski definition) is 1. The first-order valence-corrected chi connectivity index (χ1v) is 7.12. The van der Waals surface area contributed by atoms with Crippen LogP contribution in [0.4, 0.5) is 5.69 Å². The molecular formula is C13H9BrCl3N. The summed E-state index contributed by atoms with van der Waals surface area (Å²) in [5.41, 5.74) is 1.84. The average molecular weight is 365 g/mol. The number of nitrogens with one attached hydrogen (secondary N) is 1. The number of anilines is 1. The van der Waals surface area contributed by atoms with Crippen molar-refractivity contribution in [3.63, 3.8) is 0 Å². The molecule has 5 heteroatoms. The quantitative estimate of drug-likeness (QED) is 0.701. The monoisotopic (exact) mass is 363 g/mol. The summed E-state index contributed by atoms with van der Waals surface area (Å²) in [6.07, 6.45) is 0. The van der Waals surface area contributed by atoms with E-state index in [1.165, 1.54) is 0 Å². The zero-order valence-corrected chi connectivity index (χ0v) is 13.0. The maximum absolute atomic E-state index is 6.13. The van der Waals surface area contributed by atoms with E-state index in [1.807, 2.05) is 24.3 Å². The Kier molecular flexibility index (Phi) is 4.79. The zero-order valence-electron chi connectivity index (χ0n) is 9.18. The fraction of sp³-hybridized carbons (Fsp3) is 0.0769. The Morgan fingerprint density at radius 1 is 0.944 bits per heavy atom. The molecule has 2 rings (SSSR count). The molecule has 0 radical (unpaired) electrons. The van der Waals surface area contributed by atoms with Gasteiger partial charge in [0, 0.05) is 16.0 Å². The Bertz CT molecular complexity index is 532. The van der Waals surface area contributed by atoms with E-state index < -0.39 is 0 Å². The van der Waals surface area contributed by atoms with Gasteiger partial charge in [0.05, 0.1) is 15.7 Å². The topological polar surface area (TPSA) is 12.0 Å². The summed E-state index contributed by atoms with van der Waals surface area (Å²) in [4.78, 5) is 0. The van der Waals surface area contributed by atoms with Crippen LogP contribution >= 0.6 is 50.7 Å². The highest BCUT2D eigenvalue weighted by molar-refractivity contribution is 9.10. The lowest BCUT2D eigenvalue weighted by atomic mass is 10.2. The lowest BCUT2D eigenvalue weighted by molar-refractivity contribution is 1.15. The lowest BCUT2D eigenvalue weighted by Gasteiger charge is -2.11. The van der Waals surface area contributed by atoms with Crippen molar-refractivity contribution in [3.8, 4) is 0 Å². The van der Waals surface area contributed by atoms with Gasteiger partial charge in [0.15, 0.2) is 0 Å². The van der Waals surface area contributed by atoms with Crippen LogP contribution in [0.2, 0.25) is 15.1 Å². The highest BCUT2D eigenvalue weighted by Crippen LogP contribution is 2.34. The fourth-order valence-electron chi connectivity index (χ4n) is 1.50. The molecule has 0 aliphatic rings. The van der Waals surface area contributed by atoms with Crippen LogP contribution in [-0.4, -0.2) is 0 Å². The summed E-state index contributed by atoms with van der Waals surface area (Å²) in [5, 5.41) is 5.11. The second-order valence-corrected chi connectivity index (χ2v) is 5.89. The molecular weight excluding hydrogens is 356 g/mol. The van der Waals surface area contributed by atoms with Crippen molar-refractivity contribution in [2.45, 2.75) is 6.54 Å². The van der Waals surface area contributed by atoms with Gasteiger partial charge in [-0.25, -0.2) is 0 Å². The van der Waals surface area contributed by atoms with E-state index in [4.69, 9.17) is 34.8 Å². The molecule has 18 heavy (non-hydrogen) atoms. The van der Waals surface area contributed by atoms with Crippen molar-refractivity contribution in [2.75, 3.05) is 5.32 Å². The van der Waals surface area contributed by atoms with Crippen molar-refractivity contribution < 1.29 is 0 Å². The first-order valence-electron chi connectivity index (χ1n) is 5.19. The van der Waals surface area contributed by atoms with Gasteiger partial charge in [-0.15, -0.1) is 0 Å². The zero-order chi connectivity index (χ0) is 13.1. The molecule has 1 nitrogen and oxygen atoms in total. The van der Waals surface area contributed by atoms with Gasteiger partial charge >= 0.3 is 0 Å². The van der Waals surface area contributed by atoms with Gasteiger partial charge in [-0.1, -0.05) is 62.9 Å². The predicted octanol–water partition coefficient (Wildman–Crippen LogP) is 6.02. The lowest BCUT2D eigenvalue weighted by Crippen LogP contribution is -2.00. The second kappa shape index (κ2) is 6.16. The molecule has 2 aromatic carbocycles. The molecule has 0 aliphatic heterocycles. The predicted molar refractivity (Wildman–Crippen MR) is 82.9 cm³/mol. The molecule has 2 aromatic rings. The Balaban J connectivity index is 2.13. The smallest absolute Gasteiger partial charge is 0.0722 e. The first kappa shape index (κ1) is 14.0. The Labute approximate surface area is 129 Å². The normalized spacial score (nSPS) is 10.4. The largest absolute Gasteiger partial charge is 0.379 e. The Morgan fingerprint density at radius 3 is 2.06 bits per heavy atom. The summed E-state index contributed by atoms with van der Waals surface area (Å²) in [5.74, 6) is 0. The van der Waals surface area contributed by atoms with E-state index in [0.29, 0.717) is 16.6 Å². The highest BCUT2D eigenvalue weighted by atomic mass is 79.9. The summed E-state index contributed by atoms with van der Waals surface area (Å²) in [6, 6.07) is 11.2. The molecule has 0 bridgehead atoms. The van der Waals surface area contributed by atoms with Crippen molar-refractivity contribution in [1.29, 1.82) is 0 Å². The van der Waals surface area contributed by atoms with E-state index in [-0.39, 0.29) is 0 Å². The molecule has 0 heterocycles. The number of halogens is 4. The summed E-state index contributed by atoms with van der Waals surface area (Å²) < 4.78 is 0.856. The minimum absolute atomic E-state index is 0.586. The second-order valence-electron chi connectivity index (χ2n) is 3.72. The molecule has 1 N–H and O–H groups in total. The van der Waals surface area contributed by atoms with E-state index >= 15 is 0 Å². The van der Waals surface area contributed by atoms with Crippen molar-refractivity contribution in [3.05, 3.63) is 61.5 Å². The molecule has 0 aliphatic carbocycles. The third-order valence-corrected chi connectivity index (χ3v) is 3.70. The van der Waals surface area contributed by atoms with Crippen LogP contribution in [0.15, 0.2) is 40.9 Å². The van der Waals surface area contributed by atoms with E-state index in [9.17, 15) is 0 Å². The third-order valence-electron chi connectivity index (χ3n) is 2.39. The molecule has 0 unspecified atom stereocenters. The van der Waals surface area contributed by atoms with E-state index in [1.54, 1.807) is 12.1 Å². The van der Waals surface area contributed by atoms with Crippen molar-refractivity contribution >= 4 is 56.4 Å². The third kappa shape index (κ3) is 3.55. The molecule has 0 fully saturated rings. The fourth-order valence-corrected chi connectivity index (χ4v) is 2.97. The van der Waals surface area contributed by atoms with Crippen LogP contribution in [0.3, 0.4) is 0 Å². The van der Waals surface area contributed by atoms with Crippen LogP contribution in [0, 0.1) is 0 Å². The number of hydrogen-bond donors (Lipinski definition) is 1. The number of benzene rings is 2. The Morgan fingerprint density at radius 2 is 1.50 bits per heavy atom. The molecule has 0 amide bonds. The van der Waals surface area contributed by atoms with E-state index in [2.05, 4.69) is 21.2 Å². The minimum atomic E-state index is 0.586. The SMILES string of the molecule is Clc1ccc(CNc2c(Cl)cc(Br)cc2Cl)cc1. The van der Waals surface area contributed by atoms with Gasteiger partial charge in [-0.3, -0.25) is 0 Å². The van der Waals surface area contributed by atoms with Gasteiger partial charge in [-0.05, 0) is 29.8 Å². The number of rotatable bonds is 3. The van der Waals surface area contributed by atoms with Crippen LogP contribution in [0.25, 0.3) is 0 Å². The first-order chi connectivity index (χ1) is 8.56. The van der Waals surface area contributed by atoms with Crippen LogP contribution in [0.1, 0.15) is 5.56 Å². The van der Waals surface area contributed by atoms with E-state index in [0.717, 1.165) is 20.7 Å². The Hall–Kier alpha value is -0.410. The maximum Gasteiger partial charge on any atom is 0.0722 e. The average Bonchev–Trinajstić information content (AvgIpc) is 2.30. The van der Waals surface area contributed by atoms with Crippen LogP contribution in [0.5, 0.6) is 0 Å². The summed E-state index contributed by atoms with van der Waals surface area (Å²) >= 11 is 21.4. The van der Waals surface area contributed by atoms with Gasteiger partial charge in [0.1, 0.15) is 0 Å². The van der Waals surface area contributed by atoms with Gasteiger partial charge in [0.25, 0.3) is 0 Å². The highest BCUT2D eigenvalue weighted by Gasteiger charge is 2.07. The van der Waals surface area contributed by atoms with Gasteiger partial charge in [-0.2, -0.15) is 0 Å². The van der Waals surface area contributed by atoms with Crippen molar-refractivity contribution in [2.24, 2.45) is 0 Å². The summed E-state index contributed by atoms with van der Waals surface area (Å²) in [6.45, 7) is 0.637. The van der Waals surface area contributed by atoms with Gasteiger partial charge < -0.3 is 5.32 Å². The molecule has 94 valence electrons.